The van der Waals surface area contributed by atoms with Gasteiger partial charge in [-0.05, 0) is 64.3 Å². The summed E-state index contributed by atoms with van der Waals surface area (Å²) in [5, 5.41) is 3.78. The highest BCUT2D eigenvalue weighted by molar-refractivity contribution is 5.82. The van der Waals surface area contributed by atoms with Crippen molar-refractivity contribution in [1.29, 1.82) is 0 Å². The maximum atomic E-state index is 12.1. The molecular formula is C25H30N2O5. The molecular weight excluding hydrogens is 408 g/mol. The van der Waals surface area contributed by atoms with E-state index in [4.69, 9.17) is 14.5 Å². The number of hydrogen-bond acceptors (Lipinski definition) is 6. The topological polar surface area (TPSA) is 94.6 Å². The molecule has 0 aliphatic heterocycles. The Kier molecular flexibility index (Phi) is 6.96. The van der Waals surface area contributed by atoms with E-state index in [1.807, 2.05) is 70.2 Å². The number of hydrogen-bond donors (Lipinski definition) is 1. The Morgan fingerprint density at radius 3 is 2.53 bits per heavy atom. The molecule has 7 nitrogen and oxygen atoms in total. The minimum absolute atomic E-state index is 0.195. The monoisotopic (exact) mass is 438 g/mol. The van der Waals surface area contributed by atoms with Crippen molar-refractivity contribution in [1.82, 2.24) is 10.3 Å². The lowest BCUT2D eigenvalue weighted by molar-refractivity contribution is -0.144. The molecule has 2 aromatic rings. The fraction of sp³-hybridized carbons (Fsp3) is 0.440. The van der Waals surface area contributed by atoms with E-state index >= 15 is 0 Å². The van der Waals surface area contributed by atoms with E-state index in [0.717, 1.165) is 22.2 Å². The van der Waals surface area contributed by atoms with Gasteiger partial charge in [-0.2, -0.15) is 0 Å². The first kappa shape index (κ1) is 23.4. The number of rotatable bonds is 6. The van der Waals surface area contributed by atoms with Crippen molar-refractivity contribution in [3.05, 3.63) is 47.7 Å². The first-order chi connectivity index (χ1) is 15.1. The van der Waals surface area contributed by atoms with Gasteiger partial charge in [-0.15, -0.1) is 0 Å². The van der Waals surface area contributed by atoms with E-state index in [1.54, 1.807) is 0 Å². The van der Waals surface area contributed by atoms with Gasteiger partial charge in [0, 0.05) is 18.2 Å². The van der Waals surface area contributed by atoms with Gasteiger partial charge < -0.3 is 14.8 Å². The summed E-state index contributed by atoms with van der Waals surface area (Å²) >= 11 is 0. The van der Waals surface area contributed by atoms with E-state index in [0.29, 0.717) is 32.2 Å². The maximum Gasteiger partial charge on any atom is 0.408 e. The van der Waals surface area contributed by atoms with Crippen molar-refractivity contribution in [3.8, 4) is 0 Å². The van der Waals surface area contributed by atoms with Gasteiger partial charge in [-0.1, -0.05) is 24.3 Å². The molecule has 170 valence electrons. The van der Waals surface area contributed by atoms with E-state index in [-0.39, 0.29) is 11.8 Å². The first-order valence-electron chi connectivity index (χ1n) is 10.8. The number of pyridine rings is 1. The zero-order valence-electron chi connectivity index (χ0n) is 19.0. The Labute approximate surface area is 188 Å². The number of amides is 1. The zero-order chi connectivity index (χ0) is 23.4. The molecule has 1 aromatic carbocycles. The molecule has 1 amide bonds. The van der Waals surface area contributed by atoms with Crippen LogP contribution in [0.4, 0.5) is 4.79 Å². The molecule has 0 saturated heterocycles. The normalized spacial score (nSPS) is 17.2. The number of carbonyl (C=O) groups is 3. The fourth-order valence-corrected chi connectivity index (χ4v) is 3.67. The highest BCUT2D eigenvalue weighted by atomic mass is 16.6. The lowest BCUT2D eigenvalue weighted by atomic mass is 9.83. The molecule has 0 radical (unpaired) electrons. The summed E-state index contributed by atoms with van der Waals surface area (Å²) in [6, 6.07) is 9.39. The van der Waals surface area contributed by atoms with Crippen LogP contribution in [-0.2, 0) is 19.1 Å². The lowest BCUT2D eigenvalue weighted by Crippen LogP contribution is -2.35. The highest BCUT2D eigenvalue weighted by Gasteiger charge is 2.34. The highest BCUT2D eigenvalue weighted by Crippen LogP contribution is 2.32. The minimum atomic E-state index is -0.744. The standard InChI is InChI=1S/C25H30N2O5/c1-17(26-23(30)32-24(2,3)4)21-8-7-19-6-5-18(15-22(19)27-21)9-12-25(31-16-28)13-10-20(29)11-14-25/h5-9,12,15-17H,10-11,13-14H2,1-4H3,(H,26,30)/b12-9+/t17-/m1/s1. The largest absolute Gasteiger partial charge is 0.457 e. The molecule has 1 fully saturated rings. The molecule has 0 unspecified atom stereocenters. The zero-order valence-corrected chi connectivity index (χ0v) is 19.0. The summed E-state index contributed by atoms with van der Waals surface area (Å²) in [7, 11) is 0. The SMILES string of the molecule is C[C@@H](NC(=O)OC(C)(C)C)c1ccc2ccc(/C=C/C3(OC=O)CCC(=O)CC3)cc2n1. The smallest absolute Gasteiger partial charge is 0.408 e. The van der Waals surface area contributed by atoms with Crippen LogP contribution in [0, 0.1) is 0 Å². The van der Waals surface area contributed by atoms with Crippen LogP contribution in [0.15, 0.2) is 36.4 Å². The predicted molar refractivity (Wildman–Crippen MR) is 122 cm³/mol. The fourth-order valence-electron chi connectivity index (χ4n) is 3.67. The van der Waals surface area contributed by atoms with Crippen LogP contribution < -0.4 is 5.32 Å². The van der Waals surface area contributed by atoms with E-state index in [9.17, 15) is 14.4 Å². The van der Waals surface area contributed by atoms with Crippen LogP contribution >= 0.6 is 0 Å². The molecule has 3 rings (SSSR count). The van der Waals surface area contributed by atoms with Gasteiger partial charge in [-0.25, -0.2) is 4.79 Å². The van der Waals surface area contributed by atoms with Gasteiger partial charge in [-0.3, -0.25) is 14.6 Å². The van der Waals surface area contributed by atoms with Crippen LogP contribution in [-0.4, -0.2) is 34.5 Å². The average molecular weight is 439 g/mol. The van der Waals surface area contributed by atoms with E-state index in [2.05, 4.69) is 5.32 Å². The Hall–Kier alpha value is -3.22. The molecule has 1 aliphatic carbocycles. The third kappa shape index (κ3) is 6.15. The molecule has 1 heterocycles. The molecule has 0 bridgehead atoms. The number of nitrogens with zero attached hydrogens (tertiary/aromatic N) is 1. The number of aromatic nitrogens is 1. The number of benzene rings is 1. The molecule has 1 aromatic heterocycles. The van der Waals surface area contributed by atoms with Crippen molar-refractivity contribution >= 4 is 35.3 Å². The lowest BCUT2D eigenvalue weighted by Gasteiger charge is -2.32. The Morgan fingerprint density at radius 1 is 1.19 bits per heavy atom. The third-order valence-corrected chi connectivity index (χ3v) is 5.43. The van der Waals surface area contributed by atoms with Crippen molar-refractivity contribution in [2.24, 2.45) is 0 Å². The third-order valence-electron chi connectivity index (χ3n) is 5.43. The summed E-state index contributed by atoms with van der Waals surface area (Å²) < 4.78 is 10.7. The number of Topliss-reactive ketones (excluding diaryl/α,β-unsaturated/α-hetero) is 1. The average Bonchev–Trinajstić information content (AvgIpc) is 2.72. The van der Waals surface area contributed by atoms with Crippen molar-refractivity contribution in [3.63, 3.8) is 0 Å². The van der Waals surface area contributed by atoms with Crippen molar-refractivity contribution in [2.75, 3.05) is 0 Å². The molecule has 32 heavy (non-hydrogen) atoms. The number of fused-ring (bicyclic) bond motifs is 1. The summed E-state index contributed by atoms with van der Waals surface area (Å²) in [5.74, 6) is 0.195. The second-order valence-corrected chi connectivity index (χ2v) is 9.21. The van der Waals surface area contributed by atoms with Gasteiger partial charge >= 0.3 is 6.09 Å². The number of alkyl carbamates (subject to hydrolysis) is 1. The maximum absolute atomic E-state index is 12.1. The Morgan fingerprint density at radius 2 is 1.88 bits per heavy atom. The van der Waals surface area contributed by atoms with Gasteiger partial charge in [0.25, 0.3) is 6.47 Å². The van der Waals surface area contributed by atoms with E-state index < -0.39 is 17.3 Å². The molecule has 7 heteroatoms. The quantitative estimate of drug-likeness (QED) is 0.646. The van der Waals surface area contributed by atoms with Crippen LogP contribution in [0.3, 0.4) is 0 Å². The molecule has 1 atom stereocenters. The van der Waals surface area contributed by atoms with Crippen molar-refractivity contribution in [2.45, 2.75) is 70.6 Å². The van der Waals surface area contributed by atoms with Gasteiger partial charge in [0.15, 0.2) is 0 Å². The Bertz CT molecular complexity index is 1030. The second-order valence-electron chi connectivity index (χ2n) is 9.21. The van der Waals surface area contributed by atoms with Crippen LogP contribution in [0.25, 0.3) is 17.0 Å². The molecule has 1 saturated carbocycles. The van der Waals surface area contributed by atoms with E-state index in [1.165, 1.54) is 0 Å². The number of ketones is 1. The van der Waals surface area contributed by atoms with Gasteiger partial charge in [0.2, 0.25) is 0 Å². The minimum Gasteiger partial charge on any atom is -0.457 e. The molecule has 1 N–H and O–H groups in total. The van der Waals surface area contributed by atoms with Crippen LogP contribution in [0.1, 0.15) is 70.7 Å². The molecule has 0 spiro atoms. The number of nitrogens with one attached hydrogen (secondary N) is 1. The summed E-state index contributed by atoms with van der Waals surface area (Å²) in [6.07, 6.45) is 5.07. The Balaban J connectivity index is 1.78. The summed E-state index contributed by atoms with van der Waals surface area (Å²) in [5.41, 5.74) is 1.09. The second kappa shape index (κ2) is 9.51. The summed E-state index contributed by atoms with van der Waals surface area (Å²) in [6.45, 7) is 7.75. The molecule has 1 aliphatic rings. The predicted octanol–water partition coefficient (Wildman–Crippen LogP) is 4.89. The van der Waals surface area contributed by atoms with Gasteiger partial charge in [0.05, 0.1) is 17.3 Å². The number of ether oxygens (including phenoxy) is 2. The van der Waals surface area contributed by atoms with Crippen molar-refractivity contribution < 1.29 is 23.9 Å². The summed E-state index contributed by atoms with van der Waals surface area (Å²) in [4.78, 5) is 39.4. The van der Waals surface area contributed by atoms with Crippen LogP contribution in [0.2, 0.25) is 0 Å². The number of carbonyl (C=O) groups excluding carboxylic acids is 3. The first-order valence-corrected chi connectivity index (χ1v) is 10.8. The van der Waals surface area contributed by atoms with Crippen LogP contribution in [0.5, 0.6) is 0 Å². The van der Waals surface area contributed by atoms with Gasteiger partial charge in [0.1, 0.15) is 17.0 Å².